The van der Waals surface area contributed by atoms with Crippen molar-refractivity contribution in [1.29, 1.82) is 0 Å². The molecule has 1 heteroatoms. The average molecular weight is 118 g/mol. The monoisotopic (exact) mass is 118 g/mol. The molecule has 0 aromatic heterocycles. The first-order chi connectivity index (χ1) is 4.42. The second-order valence-electron chi connectivity index (χ2n) is 1.98. The van der Waals surface area contributed by atoms with Gasteiger partial charge in [-0.25, -0.2) is 0 Å². The molecule has 0 spiro atoms. The summed E-state index contributed by atoms with van der Waals surface area (Å²) in [4.78, 5) is 0. The van der Waals surface area contributed by atoms with Crippen LogP contribution in [-0.2, 0) is 0 Å². The van der Waals surface area contributed by atoms with Gasteiger partial charge in [0, 0.05) is 5.56 Å². The Kier molecular flexibility index (Phi) is 0.707. The predicted molar refractivity (Wildman–Crippen MR) is 36.6 cm³/mol. The fraction of sp³-hybridized carbons (Fsp3) is 0. The van der Waals surface area contributed by atoms with Gasteiger partial charge in [0.25, 0.3) is 0 Å². The van der Waals surface area contributed by atoms with Gasteiger partial charge in [0.2, 0.25) is 0 Å². The van der Waals surface area contributed by atoms with Crippen molar-refractivity contribution in [2.24, 2.45) is 0 Å². The zero-order chi connectivity index (χ0) is 6.27. The van der Waals surface area contributed by atoms with Gasteiger partial charge >= 0.3 is 0 Å². The summed E-state index contributed by atoms with van der Waals surface area (Å²) in [5, 5.41) is 0. The highest BCUT2D eigenvalue weighted by molar-refractivity contribution is 5.68. The predicted octanol–water partition coefficient (Wildman–Crippen LogP) is 2.44. The highest BCUT2D eigenvalue weighted by atomic mass is 16.6. The molecule has 1 heterocycles. The summed E-state index contributed by atoms with van der Waals surface area (Å²) in [6.07, 6.45) is 1.80. The molecule has 0 saturated heterocycles. The molecule has 9 heavy (non-hydrogen) atoms. The highest BCUT2D eigenvalue weighted by Crippen LogP contribution is 2.47. The molecule has 2 rings (SSSR count). The van der Waals surface area contributed by atoms with Crippen LogP contribution in [0.4, 0.5) is 0 Å². The summed E-state index contributed by atoms with van der Waals surface area (Å²) in [5.74, 6) is 1.99. The molecule has 1 aromatic rings. The van der Waals surface area contributed by atoms with Gasteiger partial charge in [-0.1, -0.05) is 24.8 Å². The Hall–Kier alpha value is -1.24. The maximum atomic E-state index is 5.09. The van der Waals surface area contributed by atoms with Crippen molar-refractivity contribution in [1.82, 2.24) is 0 Å². The normalized spacial score (nSPS) is 11.6. The molecule has 0 bridgehead atoms. The maximum Gasteiger partial charge on any atom is 0.177 e. The molecule has 0 fully saturated rings. The van der Waals surface area contributed by atoms with Crippen LogP contribution in [0.1, 0.15) is 5.56 Å². The van der Waals surface area contributed by atoms with E-state index in [2.05, 4.69) is 6.58 Å². The van der Waals surface area contributed by atoms with Crippen LogP contribution in [0.3, 0.4) is 0 Å². The summed E-state index contributed by atoms with van der Waals surface area (Å²) in [6, 6.07) is 5.89. The molecule has 44 valence electrons. The summed E-state index contributed by atoms with van der Waals surface area (Å²) < 4.78 is 5.09. The van der Waals surface area contributed by atoms with Crippen LogP contribution in [0.2, 0.25) is 0 Å². The Morgan fingerprint density at radius 2 is 2.33 bits per heavy atom. The first-order valence-electron chi connectivity index (χ1n) is 2.85. The van der Waals surface area contributed by atoms with Crippen LogP contribution in [0.25, 0.3) is 6.08 Å². The third kappa shape index (κ3) is 0.545. The van der Waals surface area contributed by atoms with E-state index in [4.69, 9.17) is 4.74 Å². The van der Waals surface area contributed by atoms with Crippen molar-refractivity contribution >= 4 is 6.08 Å². The smallest absolute Gasteiger partial charge is 0.177 e. The molecule has 1 aliphatic heterocycles. The molecule has 0 aliphatic carbocycles. The molecule has 0 saturated carbocycles. The van der Waals surface area contributed by atoms with Crippen molar-refractivity contribution in [3.63, 3.8) is 0 Å². The van der Waals surface area contributed by atoms with Gasteiger partial charge in [-0.05, 0) is 6.07 Å². The van der Waals surface area contributed by atoms with Crippen LogP contribution < -0.4 is 4.74 Å². The van der Waals surface area contributed by atoms with Gasteiger partial charge in [-0.2, -0.15) is 0 Å². The first kappa shape index (κ1) is 4.62. The van der Waals surface area contributed by atoms with Gasteiger partial charge in [-0.3, -0.25) is 0 Å². The Labute approximate surface area is 53.6 Å². The number of para-hydroxylation sites is 1. The quantitative estimate of drug-likeness (QED) is 0.524. The minimum absolute atomic E-state index is 0.993. The van der Waals surface area contributed by atoms with Crippen LogP contribution in [0.15, 0.2) is 24.8 Å². The standard InChI is InChI=1S/C8H6O/c1-2-6-4-3-5-7-8(6)9-7/h2-5H,1H2. The fourth-order valence-corrected chi connectivity index (χ4v) is 0.871. The van der Waals surface area contributed by atoms with E-state index in [1.165, 1.54) is 0 Å². The summed E-state index contributed by atoms with van der Waals surface area (Å²) >= 11 is 0. The van der Waals surface area contributed by atoms with E-state index in [9.17, 15) is 0 Å². The fourth-order valence-electron chi connectivity index (χ4n) is 0.871. The van der Waals surface area contributed by atoms with Gasteiger partial charge in [0.05, 0.1) is 0 Å². The molecular formula is C8H6O. The first-order valence-corrected chi connectivity index (χ1v) is 2.85. The largest absolute Gasteiger partial charge is 0.449 e. The van der Waals surface area contributed by atoms with E-state index in [-0.39, 0.29) is 0 Å². The number of hydrogen-bond acceptors (Lipinski definition) is 1. The van der Waals surface area contributed by atoms with Crippen LogP contribution in [-0.4, -0.2) is 0 Å². The zero-order valence-corrected chi connectivity index (χ0v) is 4.92. The van der Waals surface area contributed by atoms with E-state index in [1.54, 1.807) is 6.08 Å². The zero-order valence-electron chi connectivity index (χ0n) is 4.92. The van der Waals surface area contributed by atoms with E-state index in [1.807, 2.05) is 18.2 Å². The maximum absolute atomic E-state index is 5.09. The van der Waals surface area contributed by atoms with Crippen LogP contribution in [0.5, 0.6) is 11.5 Å². The third-order valence-electron chi connectivity index (χ3n) is 1.40. The Bertz CT molecular complexity index is 263. The van der Waals surface area contributed by atoms with Crippen molar-refractivity contribution in [2.45, 2.75) is 0 Å². The number of ether oxygens (including phenoxy) is 1. The minimum atomic E-state index is 0.993. The topological polar surface area (TPSA) is 12.5 Å². The van der Waals surface area contributed by atoms with E-state index < -0.39 is 0 Å². The molecule has 1 aliphatic rings. The molecule has 1 nitrogen and oxygen atoms in total. The minimum Gasteiger partial charge on any atom is -0.449 e. The number of hydrogen-bond donors (Lipinski definition) is 0. The molecule has 0 N–H and O–H groups in total. The Morgan fingerprint density at radius 1 is 1.44 bits per heavy atom. The van der Waals surface area contributed by atoms with E-state index >= 15 is 0 Å². The van der Waals surface area contributed by atoms with Crippen LogP contribution >= 0.6 is 0 Å². The second kappa shape index (κ2) is 1.38. The molecule has 0 unspecified atom stereocenters. The summed E-state index contributed by atoms with van der Waals surface area (Å²) in [6.45, 7) is 3.65. The lowest BCUT2D eigenvalue weighted by molar-refractivity contribution is 0.649. The molecule has 1 aromatic carbocycles. The van der Waals surface area contributed by atoms with Crippen molar-refractivity contribution < 1.29 is 4.74 Å². The summed E-state index contributed by atoms with van der Waals surface area (Å²) in [7, 11) is 0. The number of fused-ring (bicyclic) bond motifs is 1. The van der Waals surface area contributed by atoms with E-state index in [0.29, 0.717) is 0 Å². The van der Waals surface area contributed by atoms with Crippen molar-refractivity contribution in [2.75, 3.05) is 0 Å². The highest BCUT2D eigenvalue weighted by Gasteiger charge is 2.21. The molecular weight excluding hydrogens is 112 g/mol. The van der Waals surface area contributed by atoms with Gasteiger partial charge < -0.3 is 4.74 Å². The Morgan fingerprint density at radius 3 is 3.00 bits per heavy atom. The Balaban J connectivity index is 2.62. The average Bonchev–Trinajstić information content (AvgIpc) is 2.64. The lowest BCUT2D eigenvalue weighted by Crippen LogP contribution is -1.58. The van der Waals surface area contributed by atoms with Gasteiger partial charge in [-0.15, -0.1) is 0 Å². The van der Waals surface area contributed by atoms with Crippen LogP contribution in [0, 0.1) is 0 Å². The lowest BCUT2D eigenvalue weighted by Gasteiger charge is -1.80. The third-order valence-corrected chi connectivity index (χ3v) is 1.40. The van der Waals surface area contributed by atoms with Gasteiger partial charge in [0.1, 0.15) is 0 Å². The second-order valence-corrected chi connectivity index (χ2v) is 1.98. The number of rotatable bonds is 1. The lowest BCUT2D eigenvalue weighted by atomic mass is 10.2. The SMILES string of the molecule is C=Cc1cccc2c1O2. The molecule has 0 radical (unpaired) electrons. The van der Waals surface area contributed by atoms with Gasteiger partial charge in [0.15, 0.2) is 11.5 Å². The van der Waals surface area contributed by atoms with Crippen molar-refractivity contribution in [3.8, 4) is 11.5 Å². The number of benzene rings is 1. The van der Waals surface area contributed by atoms with E-state index in [0.717, 1.165) is 17.1 Å². The molecule has 0 atom stereocenters. The summed E-state index contributed by atoms with van der Waals surface area (Å²) in [5.41, 5.74) is 1.09. The molecule has 0 amide bonds. The van der Waals surface area contributed by atoms with Crippen molar-refractivity contribution in [3.05, 3.63) is 30.3 Å².